The maximum absolute atomic E-state index is 14.1. The molecule has 1 aromatic heterocycles. The van der Waals surface area contributed by atoms with Crippen LogP contribution in [0.2, 0.25) is 0 Å². The van der Waals surface area contributed by atoms with Gasteiger partial charge in [-0.25, -0.2) is 9.69 Å². The average molecular weight is 608 g/mol. The van der Waals surface area contributed by atoms with E-state index in [1.54, 1.807) is 36.1 Å². The molecule has 0 spiro atoms. The number of piperidine rings is 1. The summed E-state index contributed by atoms with van der Waals surface area (Å²) in [5, 5.41) is -0.232. The fourth-order valence-electron chi connectivity index (χ4n) is 5.81. The Morgan fingerprint density at radius 1 is 0.976 bits per heavy atom. The van der Waals surface area contributed by atoms with E-state index in [2.05, 4.69) is 4.98 Å². The second-order valence-corrected chi connectivity index (χ2v) is 12.5. The van der Waals surface area contributed by atoms with E-state index in [0.29, 0.717) is 45.6 Å². The number of hydrogen-bond donors (Lipinski definition) is 1. The van der Waals surface area contributed by atoms with E-state index in [0.717, 1.165) is 35.5 Å². The number of benzene rings is 2. The van der Waals surface area contributed by atoms with Gasteiger partial charge in [-0.1, -0.05) is 41.3 Å². The van der Waals surface area contributed by atoms with E-state index in [1.165, 1.54) is 23.9 Å². The summed E-state index contributed by atoms with van der Waals surface area (Å²) in [4.78, 5) is 71.4. The fourth-order valence-corrected chi connectivity index (χ4v) is 8.32. The number of likely N-dealkylation sites (tertiary alicyclic amines) is 1. The number of aromatic amines is 1. The van der Waals surface area contributed by atoms with Crippen LogP contribution in [-0.2, 0) is 19.1 Å². The number of hydrogen-bond acceptors (Lipinski definition) is 9. The molecular formula is C30H29N3O7S2. The van der Waals surface area contributed by atoms with Crippen LogP contribution in [0.1, 0.15) is 52.9 Å². The van der Waals surface area contributed by atoms with Gasteiger partial charge in [0, 0.05) is 29.4 Å². The molecule has 3 aliphatic rings. The quantitative estimate of drug-likeness (QED) is 0.318. The minimum atomic E-state index is -0.811. The zero-order valence-corrected chi connectivity index (χ0v) is 24.5. The van der Waals surface area contributed by atoms with E-state index < -0.39 is 34.9 Å². The number of carbonyl (C=O) groups excluding carboxylic acids is 4. The van der Waals surface area contributed by atoms with Gasteiger partial charge in [-0.3, -0.25) is 19.2 Å². The molecule has 0 bridgehead atoms. The third-order valence-electron chi connectivity index (χ3n) is 7.77. The van der Waals surface area contributed by atoms with Crippen LogP contribution >= 0.6 is 23.1 Å². The first-order valence-corrected chi connectivity index (χ1v) is 15.6. The predicted octanol–water partition coefficient (Wildman–Crippen LogP) is 3.80. The van der Waals surface area contributed by atoms with Crippen LogP contribution in [0.5, 0.6) is 5.75 Å². The lowest BCUT2D eigenvalue weighted by Gasteiger charge is -2.31. The number of nitrogens with one attached hydrogen (secondary N) is 1. The monoisotopic (exact) mass is 607 g/mol. The summed E-state index contributed by atoms with van der Waals surface area (Å²) in [5.74, 6) is -2.42. The Kier molecular flexibility index (Phi) is 7.91. The molecule has 42 heavy (non-hydrogen) atoms. The largest absolute Gasteiger partial charge is 0.483 e. The highest BCUT2D eigenvalue weighted by Gasteiger charge is 2.56. The summed E-state index contributed by atoms with van der Waals surface area (Å²) >= 11 is 2.19. The van der Waals surface area contributed by atoms with Crippen LogP contribution in [-0.4, -0.2) is 65.1 Å². The van der Waals surface area contributed by atoms with Crippen molar-refractivity contribution in [2.24, 2.45) is 5.92 Å². The van der Waals surface area contributed by atoms with Crippen molar-refractivity contribution in [1.29, 1.82) is 0 Å². The maximum atomic E-state index is 14.1. The first-order chi connectivity index (χ1) is 20.4. The number of nitrogens with zero attached hydrogens (tertiary/aromatic N) is 2. The molecule has 2 aromatic carbocycles. The summed E-state index contributed by atoms with van der Waals surface area (Å²) in [7, 11) is 0. The Bertz CT molecular complexity index is 1590. The van der Waals surface area contributed by atoms with Crippen molar-refractivity contribution in [2.45, 2.75) is 42.4 Å². The number of thioether (sulfide) groups is 1. The van der Waals surface area contributed by atoms with Gasteiger partial charge in [0.2, 0.25) is 11.8 Å². The maximum Gasteiger partial charge on any atom is 0.338 e. The number of ether oxygens (including phenoxy) is 2. The second-order valence-electron chi connectivity index (χ2n) is 10.3. The third kappa shape index (κ3) is 5.13. The molecule has 2 fully saturated rings. The smallest absolute Gasteiger partial charge is 0.338 e. The SMILES string of the molecule is CCOC(=O)c1ccc(N2C(=O)[C@H]3[C@H](c4ccccc4OCC(=O)N4CCCCC4)c4sc(=O)[nH]c4S[C@H]3C2=O)cc1. The molecule has 4 heterocycles. The minimum Gasteiger partial charge on any atom is -0.483 e. The second kappa shape index (κ2) is 11.8. The van der Waals surface area contributed by atoms with Crippen molar-refractivity contribution >= 4 is 52.5 Å². The first kappa shape index (κ1) is 28.2. The van der Waals surface area contributed by atoms with Gasteiger partial charge in [0.05, 0.1) is 28.8 Å². The molecule has 3 atom stereocenters. The number of anilines is 1. The first-order valence-electron chi connectivity index (χ1n) is 13.9. The number of esters is 1. The summed E-state index contributed by atoms with van der Waals surface area (Å²) in [6, 6.07) is 13.3. The Hall–Kier alpha value is -3.90. The Balaban J connectivity index is 1.33. The standard InChI is InChI=1S/C30H29N3O7S2/c1-2-39-29(37)17-10-12-18(13-11-17)33-27(35)23-22(24-26(31-30(38)42-24)41-25(23)28(33)36)19-8-4-5-9-20(19)40-16-21(34)32-14-6-3-7-15-32/h4-5,8-13,22-23,25H,2-3,6-7,14-16H2,1H3,(H,31,38)/t22-,23-,25+/m0/s1. The van der Waals surface area contributed by atoms with E-state index in [9.17, 15) is 24.0 Å². The van der Waals surface area contributed by atoms with Gasteiger partial charge in [-0.15, -0.1) is 0 Å². The molecule has 0 aliphatic carbocycles. The highest BCUT2D eigenvalue weighted by molar-refractivity contribution is 8.00. The Morgan fingerprint density at radius 3 is 2.45 bits per heavy atom. The van der Waals surface area contributed by atoms with Gasteiger partial charge in [0.15, 0.2) is 6.61 Å². The molecule has 0 radical (unpaired) electrons. The summed E-state index contributed by atoms with van der Waals surface area (Å²) < 4.78 is 11.1. The van der Waals surface area contributed by atoms with E-state index in [-0.39, 0.29) is 24.0 Å². The Labute approximate surface area is 250 Å². The van der Waals surface area contributed by atoms with Crippen LogP contribution in [0.3, 0.4) is 0 Å². The van der Waals surface area contributed by atoms with Gasteiger partial charge in [0.1, 0.15) is 11.0 Å². The van der Waals surface area contributed by atoms with Crippen molar-refractivity contribution in [3.63, 3.8) is 0 Å². The van der Waals surface area contributed by atoms with Crippen LogP contribution in [0, 0.1) is 5.92 Å². The fraction of sp³-hybridized carbons (Fsp3) is 0.367. The molecule has 0 unspecified atom stereocenters. The third-order valence-corrected chi connectivity index (χ3v) is 10.2. The minimum absolute atomic E-state index is 0.0990. The zero-order chi connectivity index (χ0) is 29.4. The van der Waals surface area contributed by atoms with Crippen LogP contribution in [0.4, 0.5) is 5.69 Å². The molecule has 218 valence electrons. The van der Waals surface area contributed by atoms with Crippen molar-refractivity contribution < 1.29 is 28.7 Å². The normalized spacial score (nSPS) is 21.6. The van der Waals surface area contributed by atoms with Crippen molar-refractivity contribution in [3.8, 4) is 5.75 Å². The van der Waals surface area contributed by atoms with Crippen molar-refractivity contribution in [3.05, 3.63) is 74.2 Å². The molecule has 10 nitrogen and oxygen atoms in total. The molecule has 2 saturated heterocycles. The number of H-pyrrole nitrogens is 1. The van der Waals surface area contributed by atoms with E-state index >= 15 is 0 Å². The molecule has 0 saturated carbocycles. The zero-order valence-electron chi connectivity index (χ0n) is 22.9. The number of amides is 3. The lowest BCUT2D eigenvalue weighted by Crippen LogP contribution is -2.38. The summed E-state index contributed by atoms with van der Waals surface area (Å²) in [6.45, 7) is 3.22. The number of para-hydroxylation sites is 1. The molecule has 3 aromatic rings. The average Bonchev–Trinajstić information content (AvgIpc) is 3.50. The van der Waals surface area contributed by atoms with Crippen molar-refractivity contribution in [2.75, 3.05) is 31.2 Å². The molecule has 3 aliphatic heterocycles. The number of thiazole rings is 1. The van der Waals surface area contributed by atoms with Gasteiger partial charge in [-0.2, -0.15) is 0 Å². The van der Waals surface area contributed by atoms with E-state index in [1.807, 2.05) is 12.1 Å². The summed E-state index contributed by atoms with van der Waals surface area (Å²) in [5.41, 5.74) is 1.30. The van der Waals surface area contributed by atoms with Gasteiger partial charge in [-0.05, 0) is 56.5 Å². The van der Waals surface area contributed by atoms with Crippen LogP contribution < -0.4 is 14.5 Å². The number of rotatable bonds is 7. The summed E-state index contributed by atoms with van der Waals surface area (Å²) in [6.07, 6.45) is 3.05. The molecule has 6 rings (SSSR count). The van der Waals surface area contributed by atoms with Crippen molar-refractivity contribution in [1.82, 2.24) is 9.88 Å². The van der Waals surface area contributed by atoms with Gasteiger partial charge >= 0.3 is 10.8 Å². The Morgan fingerprint density at radius 2 is 1.71 bits per heavy atom. The predicted molar refractivity (Wildman–Crippen MR) is 157 cm³/mol. The number of carbonyl (C=O) groups is 4. The molecule has 3 amide bonds. The highest BCUT2D eigenvalue weighted by Crippen LogP contribution is 2.54. The van der Waals surface area contributed by atoms with Gasteiger partial charge in [0.25, 0.3) is 5.91 Å². The highest BCUT2D eigenvalue weighted by atomic mass is 32.2. The van der Waals surface area contributed by atoms with Gasteiger partial charge < -0.3 is 19.4 Å². The lowest BCUT2D eigenvalue weighted by molar-refractivity contribution is -0.134. The number of fused-ring (bicyclic) bond motifs is 2. The molecule has 12 heteroatoms. The number of imide groups is 1. The van der Waals surface area contributed by atoms with Crippen LogP contribution in [0.25, 0.3) is 0 Å². The number of aromatic nitrogens is 1. The molecule has 1 N–H and O–H groups in total. The van der Waals surface area contributed by atoms with E-state index in [4.69, 9.17) is 9.47 Å². The van der Waals surface area contributed by atoms with Crippen LogP contribution in [0.15, 0.2) is 58.4 Å². The topological polar surface area (TPSA) is 126 Å². The lowest BCUT2D eigenvalue weighted by atomic mass is 9.82. The molecular weight excluding hydrogens is 578 g/mol.